The number of hydrogen-bond donors (Lipinski definition) is 1. The smallest absolute Gasteiger partial charge is 0.135 e. The van der Waals surface area contributed by atoms with Crippen LogP contribution in [-0.2, 0) is 17.8 Å². The molecule has 4 nitrogen and oxygen atoms in total. The lowest BCUT2D eigenvalue weighted by Gasteiger charge is -2.27. The third kappa shape index (κ3) is 2.59. The fraction of sp³-hybridized carbons (Fsp3) is 0.733. The first-order valence-corrected chi connectivity index (χ1v) is 7.43. The summed E-state index contributed by atoms with van der Waals surface area (Å²) in [5.74, 6) is 3.44. The van der Waals surface area contributed by atoms with Gasteiger partial charge in [0.15, 0.2) is 0 Å². The molecule has 0 unspecified atom stereocenters. The van der Waals surface area contributed by atoms with E-state index in [-0.39, 0.29) is 0 Å². The molecule has 0 radical (unpaired) electrons. The van der Waals surface area contributed by atoms with Crippen LogP contribution in [0.5, 0.6) is 0 Å². The van der Waals surface area contributed by atoms with Crippen LogP contribution in [0.15, 0.2) is 0 Å². The Morgan fingerprint density at radius 3 is 2.68 bits per heavy atom. The molecule has 1 aromatic rings. The van der Waals surface area contributed by atoms with Gasteiger partial charge in [-0.1, -0.05) is 19.8 Å². The van der Waals surface area contributed by atoms with Crippen LogP contribution in [0.2, 0.25) is 0 Å². The summed E-state index contributed by atoms with van der Waals surface area (Å²) in [6, 6.07) is 0. The van der Waals surface area contributed by atoms with Crippen molar-refractivity contribution in [2.75, 3.05) is 19.0 Å². The topological polar surface area (TPSA) is 47.0 Å². The predicted octanol–water partition coefficient (Wildman–Crippen LogP) is 2.88. The average Bonchev–Trinajstić information content (AvgIpc) is 2.47. The van der Waals surface area contributed by atoms with Crippen LogP contribution in [0, 0.1) is 5.92 Å². The Hall–Kier alpha value is -1.16. The van der Waals surface area contributed by atoms with Crippen LogP contribution >= 0.6 is 0 Å². The number of anilines is 1. The third-order valence-electron chi connectivity index (χ3n) is 4.46. The number of ether oxygens (including phenoxy) is 1. The molecule has 19 heavy (non-hydrogen) atoms. The van der Waals surface area contributed by atoms with Crippen molar-refractivity contribution >= 4 is 5.82 Å². The van der Waals surface area contributed by atoms with Crippen molar-refractivity contribution in [3.63, 3.8) is 0 Å². The zero-order valence-electron chi connectivity index (χ0n) is 11.9. The van der Waals surface area contributed by atoms with Crippen molar-refractivity contribution < 1.29 is 4.74 Å². The van der Waals surface area contributed by atoms with Crippen molar-refractivity contribution in [2.45, 2.75) is 51.6 Å². The number of hydrogen-bond acceptors (Lipinski definition) is 4. The largest absolute Gasteiger partial charge is 0.376 e. The van der Waals surface area contributed by atoms with E-state index < -0.39 is 0 Å². The zero-order valence-corrected chi connectivity index (χ0v) is 11.9. The Bertz CT molecular complexity index is 436. The van der Waals surface area contributed by atoms with Crippen molar-refractivity contribution in [2.24, 2.45) is 5.92 Å². The molecule has 0 atom stereocenters. The Morgan fingerprint density at radius 2 is 1.95 bits per heavy atom. The minimum atomic E-state index is 0.552. The monoisotopic (exact) mass is 261 g/mol. The van der Waals surface area contributed by atoms with Crippen LogP contribution in [0.1, 0.15) is 55.6 Å². The summed E-state index contributed by atoms with van der Waals surface area (Å²) >= 11 is 0. The van der Waals surface area contributed by atoms with Crippen molar-refractivity contribution in [1.29, 1.82) is 0 Å². The lowest BCUT2D eigenvalue weighted by atomic mass is 9.82. The molecule has 1 N–H and O–H groups in total. The summed E-state index contributed by atoms with van der Waals surface area (Å²) in [5, 5.41) is 3.21. The van der Waals surface area contributed by atoms with E-state index in [9.17, 15) is 0 Å². The molecule has 2 aliphatic rings. The second-order valence-corrected chi connectivity index (χ2v) is 5.87. The first kappa shape index (κ1) is 12.9. The van der Waals surface area contributed by atoms with Gasteiger partial charge >= 0.3 is 0 Å². The molecule has 1 aromatic heterocycles. The zero-order chi connectivity index (χ0) is 13.2. The third-order valence-corrected chi connectivity index (χ3v) is 4.46. The molecule has 104 valence electrons. The highest BCUT2D eigenvalue weighted by atomic mass is 16.5. The summed E-state index contributed by atoms with van der Waals surface area (Å²) in [6.45, 7) is 3.78. The molecule has 0 bridgehead atoms. The maximum Gasteiger partial charge on any atom is 0.135 e. The maximum atomic E-state index is 5.52. The molecule has 1 fully saturated rings. The molecular formula is C15H23N3O. The summed E-state index contributed by atoms with van der Waals surface area (Å²) in [5.41, 5.74) is 2.35. The fourth-order valence-electron chi connectivity index (χ4n) is 3.16. The van der Waals surface area contributed by atoms with Gasteiger partial charge in [-0.2, -0.15) is 0 Å². The Balaban J connectivity index is 1.89. The SMILES string of the molecule is CNc1nc(C2CCC(C)CC2)nc2c1COCC2. The van der Waals surface area contributed by atoms with Gasteiger partial charge in [-0.3, -0.25) is 0 Å². The Labute approximate surface area is 115 Å². The van der Waals surface area contributed by atoms with E-state index in [2.05, 4.69) is 12.2 Å². The van der Waals surface area contributed by atoms with E-state index in [1.54, 1.807) is 0 Å². The summed E-state index contributed by atoms with van der Waals surface area (Å²) in [7, 11) is 1.93. The van der Waals surface area contributed by atoms with Gasteiger partial charge in [-0.05, 0) is 18.8 Å². The van der Waals surface area contributed by atoms with Crippen molar-refractivity contribution in [3.8, 4) is 0 Å². The normalized spacial score (nSPS) is 26.8. The fourth-order valence-corrected chi connectivity index (χ4v) is 3.16. The van der Waals surface area contributed by atoms with Crippen LogP contribution in [-0.4, -0.2) is 23.6 Å². The maximum absolute atomic E-state index is 5.52. The molecule has 1 saturated carbocycles. The second kappa shape index (κ2) is 5.45. The van der Waals surface area contributed by atoms with E-state index in [1.165, 1.54) is 31.4 Å². The number of aromatic nitrogens is 2. The van der Waals surface area contributed by atoms with Gasteiger partial charge < -0.3 is 10.1 Å². The number of rotatable bonds is 2. The Kier molecular flexibility index (Phi) is 3.69. The molecule has 4 heteroatoms. The van der Waals surface area contributed by atoms with E-state index in [1.807, 2.05) is 7.05 Å². The number of nitrogens with zero attached hydrogens (tertiary/aromatic N) is 2. The highest BCUT2D eigenvalue weighted by Gasteiger charge is 2.25. The van der Waals surface area contributed by atoms with E-state index in [0.717, 1.165) is 36.2 Å². The summed E-state index contributed by atoms with van der Waals surface area (Å²) < 4.78 is 5.52. The lowest BCUT2D eigenvalue weighted by molar-refractivity contribution is 0.109. The van der Waals surface area contributed by atoms with E-state index in [4.69, 9.17) is 14.7 Å². The molecule has 0 amide bonds. The van der Waals surface area contributed by atoms with Crippen LogP contribution < -0.4 is 5.32 Å². The van der Waals surface area contributed by atoms with Gasteiger partial charge in [0.25, 0.3) is 0 Å². The average molecular weight is 261 g/mol. The molecule has 3 rings (SSSR count). The highest BCUT2D eigenvalue weighted by Crippen LogP contribution is 2.35. The minimum absolute atomic E-state index is 0.552. The van der Waals surface area contributed by atoms with Crippen LogP contribution in [0.3, 0.4) is 0 Å². The lowest BCUT2D eigenvalue weighted by Crippen LogP contribution is -2.20. The van der Waals surface area contributed by atoms with E-state index in [0.29, 0.717) is 12.5 Å². The van der Waals surface area contributed by atoms with Gasteiger partial charge in [-0.25, -0.2) is 9.97 Å². The molecular weight excluding hydrogens is 238 g/mol. The van der Waals surface area contributed by atoms with Crippen molar-refractivity contribution in [1.82, 2.24) is 9.97 Å². The molecule has 0 spiro atoms. The number of nitrogens with one attached hydrogen (secondary N) is 1. The van der Waals surface area contributed by atoms with Crippen LogP contribution in [0.25, 0.3) is 0 Å². The van der Waals surface area contributed by atoms with Gasteiger partial charge in [-0.15, -0.1) is 0 Å². The molecule has 1 aliphatic carbocycles. The van der Waals surface area contributed by atoms with Gasteiger partial charge in [0, 0.05) is 24.9 Å². The Morgan fingerprint density at radius 1 is 1.16 bits per heavy atom. The van der Waals surface area contributed by atoms with Crippen LogP contribution in [0.4, 0.5) is 5.82 Å². The molecule has 0 saturated heterocycles. The van der Waals surface area contributed by atoms with E-state index >= 15 is 0 Å². The van der Waals surface area contributed by atoms with Gasteiger partial charge in [0.1, 0.15) is 11.6 Å². The summed E-state index contributed by atoms with van der Waals surface area (Å²) in [4.78, 5) is 9.59. The molecule has 0 aromatic carbocycles. The molecule has 1 aliphatic heterocycles. The minimum Gasteiger partial charge on any atom is -0.376 e. The first-order valence-electron chi connectivity index (χ1n) is 7.43. The van der Waals surface area contributed by atoms with Gasteiger partial charge in [0.2, 0.25) is 0 Å². The first-order chi connectivity index (χ1) is 9.28. The second-order valence-electron chi connectivity index (χ2n) is 5.87. The highest BCUT2D eigenvalue weighted by molar-refractivity contribution is 5.47. The van der Waals surface area contributed by atoms with Crippen molar-refractivity contribution in [3.05, 3.63) is 17.1 Å². The summed E-state index contributed by atoms with van der Waals surface area (Å²) in [6.07, 6.45) is 6.01. The van der Waals surface area contributed by atoms with Gasteiger partial charge in [0.05, 0.1) is 18.9 Å². The standard InChI is InChI=1S/C15H23N3O/c1-10-3-5-11(6-4-10)14-17-13-7-8-19-9-12(13)15(16-2)18-14/h10-11H,3-9H2,1-2H3,(H,16,17,18). The molecule has 2 heterocycles. The quantitative estimate of drug-likeness (QED) is 0.889. The predicted molar refractivity (Wildman–Crippen MR) is 75.3 cm³/mol. The number of fused-ring (bicyclic) bond motifs is 1.